The van der Waals surface area contributed by atoms with Crippen molar-refractivity contribution in [1.82, 2.24) is 5.06 Å². The Morgan fingerprint density at radius 2 is 2.19 bits per heavy atom. The minimum atomic E-state index is -0.239. The minimum absolute atomic E-state index is 0.150. The smallest absolute Gasteiger partial charge is 0.142 e. The molecule has 0 bridgehead atoms. The topological polar surface area (TPSA) is 35.8 Å². The highest BCUT2D eigenvalue weighted by atomic mass is 19.1. The Hall–Kier alpha value is -1.94. The molecule has 1 aromatic carbocycles. The van der Waals surface area contributed by atoms with Crippen molar-refractivity contribution in [2.24, 2.45) is 4.99 Å². The number of hydrogen-bond donors (Lipinski definition) is 1. The van der Waals surface area contributed by atoms with Gasteiger partial charge < -0.3 is 0 Å². The largest absolute Gasteiger partial charge is 0.287 e. The molecule has 0 saturated heterocycles. The molecule has 1 aromatic rings. The zero-order valence-corrected chi connectivity index (χ0v) is 12.3. The van der Waals surface area contributed by atoms with Crippen LogP contribution in [0.15, 0.2) is 46.6 Å². The molecule has 2 aliphatic rings. The molecule has 21 heavy (non-hydrogen) atoms. The SMILES string of the molecule is Cc1c(F)cccc1[C@@H]1C=C(C2=CN(O)C(C)N=C2)CC1. The Kier molecular flexibility index (Phi) is 3.64. The van der Waals surface area contributed by atoms with Crippen LogP contribution < -0.4 is 0 Å². The highest BCUT2D eigenvalue weighted by Gasteiger charge is 2.23. The first kappa shape index (κ1) is 14.0. The normalized spacial score (nSPS) is 25.0. The maximum absolute atomic E-state index is 13.7. The number of hydrogen-bond acceptors (Lipinski definition) is 3. The van der Waals surface area contributed by atoms with Crippen LogP contribution in [0, 0.1) is 12.7 Å². The predicted octanol–water partition coefficient (Wildman–Crippen LogP) is 3.94. The van der Waals surface area contributed by atoms with Gasteiger partial charge in [-0.25, -0.2) is 9.45 Å². The van der Waals surface area contributed by atoms with Gasteiger partial charge in [0.1, 0.15) is 12.0 Å². The van der Waals surface area contributed by atoms with E-state index in [-0.39, 0.29) is 17.9 Å². The fraction of sp³-hybridized carbons (Fsp3) is 0.353. The molecule has 0 radical (unpaired) electrons. The van der Waals surface area contributed by atoms with Crippen LogP contribution in [0.3, 0.4) is 0 Å². The van der Waals surface area contributed by atoms with Crippen molar-refractivity contribution in [2.75, 3.05) is 0 Å². The predicted molar refractivity (Wildman–Crippen MR) is 80.9 cm³/mol. The summed E-state index contributed by atoms with van der Waals surface area (Å²) in [4.78, 5) is 4.25. The second-order valence-electron chi connectivity index (χ2n) is 5.67. The Balaban J connectivity index is 1.87. The van der Waals surface area contributed by atoms with E-state index in [4.69, 9.17) is 0 Å². The van der Waals surface area contributed by atoms with Gasteiger partial charge in [0.2, 0.25) is 0 Å². The van der Waals surface area contributed by atoms with Crippen LogP contribution in [-0.4, -0.2) is 22.7 Å². The first-order chi connectivity index (χ1) is 10.1. The Morgan fingerprint density at radius 3 is 2.95 bits per heavy atom. The van der Waals surface area contributed by atoms with Crippen molar-refractivity contribution >= 4 is 6.21 Å². The Labute approximate surface area is 124 Å². The summed E-state index contributed by atoms with van der Waals surface area (Å²) in [6, 6.07) is 5.26. The summed E-state index contributed by atoms with van der Waals surface area (Å²) in [5.74, 6) is 0.0830. The third-order valence-electron chi connectivity index (χ3n) is 4.29. The molecule has 0 fully saturated rings. The average molecular weight is 286 g/mol. The number of rotatable bonds is 2. The van der Waals surface area contributed by atoms with Crippen molar-refractivity contribution in [2.45, 2.75) is 38.8 Å². The molecule has 1 aliphatic carbocycles. The molecule has 0 amide bonds. The molecule has 2 atom stereocenters. The van der Waals surface area contributed by atoms with E-state index in [1.165, 1.54) is 11.6 Å². The van der Waals surface area contributed by atoms with Crippen LogP contribution >= 0.6 is 0 Å². The molecule has 1 heterocycles. The Bertz CT molecular complexity index is 648. The summed E-state index contributed by atoms with van der Waals surface area (Å²) in [7, 11) is 0. The number of aliphatic imine (C=N–C) groups is 1. The van der Waals surface area contributed by atoms with Crippen LogP contribution in [0.5, 0.6) is 0 Å². The van der Waals surface area contributed by atoms with Gasteiger partial charge in [0.25, 0.3) is 0 Å². The second-order valence-corrected chi connectivity index (χ2v) is 5.67. The van der Waals surface area contributed by atoms with E-state index in [0.717, 1.165) is 34.6 Å². The summed E-state index contributed by atoms with van der Waals surface area (Å²) in [5.41, 5.74) is 3.88. The maximum Gasteiger partial charge on any atom is 0.142 e. The van der Waals surface area contributed by atoms with Crippen LogP contribution in [0.25, 0.3) is 0 Å². The van der Waals surface area contributed by atoms with Gasteiger partial charge in [-0.3, -0.25) is 10.2 Å². The molecule has 0 saturated carbocycles. The highest BCUT2D eigenvalue weighted by Crippen LogP contribution is 2.37. The third-order valence-corrected chi connectivity index (χ3v) is 4.29. The number of allylic oxidation sites excluding steroid dienone is 3. The zero-order chi connectivity index (χ0) is 15.0. The van der Waals surface area contributed by atoms with Gasteiger partial charge in [-0.05, 0) is 49.5 Å². The maximum atomic E-state index is 13.7. The fourth-order valence-electron chi connectivity index (χ4n) is 2.94. The van der Waals surface area contributed by atoms with E-state index in [9.17, 15) is 9.60 Å². The van der Waals surface area contributed by atoms with Gasteiger partial charge in [-0.2, -0.15) is 0 Å². The van der Waals surface area contributed by atoms with Crippen molar-refractivity contribution in [3.05, 3.63) is 58.6 Å². The molecule has 0 spiro atoms. The van der Waals surface area contributed by atoms with Crippen molar-refractivity contribution in [3.63, 3.8) is 0 Å². The van der Waals surface area contributed by atoms with Gasteiger partial charge in [0, 0.05) is 23.9 Å². The number of hydroxylamine groups is 2. The zero-order valence-electron chi connectivity index (χ0n) is 12.3. The van der Waals surface area contributed by atoms with Gasteiger partial charge in [-0.1, -0.05) is 18.2 Å². The summed E-state index contributed by atoms with van der Waals surface area (Å²) >= 11 is 0. The second kappa shape index (κ2) is 5.45. The van der Waals surface area contributed by atoms with Gasteiger partial charge in [-0.15, -0.1) is 0 Å². The lowest BCUT2D eigenvalue weighted by Crippen LogP contribution is -2.26. The number of benzene rings is 1. The molecule has 3 rings (SSSR count). The summed E-state index contributed by atoms with van der Waals surface area (Å²) in [6.45, 7) is 3.65. The lowest BCUT2D eigenvalue weighted by molar-refractivity contribution is -0.0722. The van der Waals surface area contributed by atoms with Crippen molar-refractivity contribution in [3.8, 4) is 0 Å². The lowest BCUT2D eigenvalue weighted by Gasteiger charge is -2.22. The summed E-state index contributed by atoms with van der Waals surface area (Å²) < 4.78 is 13.7. The molecular weight excluding hydrogens is 267 g/mol. The van der Waals surface area contributed by atoms with Crippen LogP contribution in [-0.2, 0) is 0 Å². The first-order valence-electron chi connectivity index (χ1n) is 7.24. The molecular formula is C17H19FN2O. The average Bonchev–Trinajstić information content (AvgIpc) is 2.94. The molecule has 4 heteroatoms. The van der Waals surface area contributed by atoms with E-state index in [2.05, 4.69) is 11.1 Å². The van der Waals surface area contributed by atoms with E-state index in [0.29, 0.717) is 0 Å². The van der Waals surface area contributed by atoms with E-state index in [1.54, 1.807) is 12.3 Å². The van der Waals surface area contributed by atoms with Gasteiger partial charge in [0.05, 0.1) is 0 Å². The van der Waals surface area contributed by atoms with E-state index < -0.39 is 0 Å². The van der Waals surface area contributed by atoms with Crippen LogP contribution in [0.1, 0.15) is 36.8 Å². The molecule has 110 valence electrons. The number of halogens is 1. The van der Waals surface area contributed by atoms with Gasteiger partial charge >= 0.3 is 0 Å². The third kappa shape index (κ3) is 2.63. The summed E-state index contributed by atoms with van der Waals surface area (Å²) in [6.07, 6.45) is 7.33. The molecule has 3 nitrogen and oxygen atoms in total. The standard InChI is InChI=1S/C17H19FN2O/c1-11-16(4-3-5-17(11)18)14-7-6-13(8-14)15-9-19-12(2)20(21)10-15/h3-5,8-10,12,14,21H,6-7H2,1-2H3/t12?,14-/m0/s1. The quantitative estimate of drug-likeness (QED) is 0.893. The number of nitrogens with zero attached hydrogens (tertiary/aromatic N) is 2. The summed E-state index contributed by atoms with van der Waals surface area (Å²) in [5, 5.41) is 10.9. The van der Waals surface area contributed by atoms with Crippen molar-refractivity contribution < 1.29 is 9.60 Å². The van der Waals surface area contributed by atoms with Crippen molar-refractivity contribution in [1.29, 1.82) is 0 Å². The molecule has 1 N–H and O–H groups in total. The highest BCUT2D eigenvalue weighted by molar-refractivity contribution is 5.85. The monoisotopic (exact) mass is 286 g/mol. The first-order valence-corrected chi connectivity index (χ1v) is 7.24. The van der Waals surface area contributed by atoms with Crippen LogP contribution in [0.4, 0.5) is 4.39 Å². The molecule has 1 aliphatic heterocycles. The van der Waals surface area contributed by atoms with Crippen LogP contribution in [0.2, 0.25) is 0 Å². The van der Waals surface area contributed by atoms with Gasteiger partial charge in [0.15, 0.2) is 0 Å². The van der Waals surface area contributed by atoms with E-state index in [1.807, 2.05) is 26.1 Å². The minimum Gasteiger partial charge on any atom is -0.287 e. The lowest BCUT2D eigenvalue weighted by atomic mass is 9.94. The Morgan fingerprint density at radius 1 is 1.38 bits per heavy atom. The fourth-order valence-corrected chi connectivity index (χ4v) is 2.94. The van der Waals surface area contributed by atoms with E-state index >= 15 is 0 Å². The molecule has 0 aromatic heterocycles. The molecule has 1 unspecified atom stereocenters.